The molecule has 6 nitrogen and oxygen atoms in total. The van der Waals surface area contributed by atoms with Crippen LogP contribution in [-0.2, 0) is 9.53 Å². The van der Waals surface area contributed by atoms with Gasteiger partial charge in [0.1, 0.15) is 5.75 Å². The highest BCUT2D eigenvalue weighted by Crippen LogP contribution is 2.22. The molecule has 0 aliphatic heterocycles. The number of methoxy groups -OCH3 is 2. The van der Waals surface area contributed by atoms with Gasteiger partial charge in [-0.2, -0.15) is 5.10 Å². The van der Waals surface area contributed by atoms with E-state index in [1.54, 1.807) is 20.1 Å². The van der Waals surface area contributed by atoms with Gasteiger partial charge in [-0.3, -0.25) is 4.79 Å². The number of rotatable bonds is 5. The summed E-state index contributed by atoms with van der Waals surface area (Å²) < 4.78 is 11.1. The lowest BCUT2D eigenvalue weighted by atomic mass is 10.1. The van der Waals surface area contributed by atoms with Crippen LogP contribution in [0.3, 0.4) is 0 Å². The van der Waals surface area contributed by atoms with Crippen LogP contribution in [0, 0.1) is 0 Å². The number of carbonyl (C=O) groups is 1. The zero-order valence-corrected chi connectivity index (χ0v) is 12.8. The first-order valence-corrected chi connectivity index (χ1v) is 6.92. The van der Waals surface area contributed by atoms with Gasteiger partial charge >= 0.3 is 5.97 Å². The first-order valence-electron chi connectivity index (χ1n) is 6.92. The Kier molecular flexibility index (Phi) is 4.93. The average Bonchev–Trinajstić information content (AvgIpc) is 2.56. The monoisotopic (exact) mass is 302 g/mol. The van der Waals surface area contributed by atoms with Crippen LogP contribution in [0.5, 0.6) is 5.75 Å². The smallest absolute Gasteiger partial charge is 0.330 e. The number of hydrogen-bond donors (Lipinski definition) is 0. The summed E-state index contributed by atoms with van der Waals surface area (Å²) in [5.74, 6) is 0.206. The SMILES string of the molecule is CC[C@@H](C(=O)OC)n1nc(-c2cccc(OC)c2)ccc1=O. The van der Waals surface area contributed by atoms with Crippen LogP contribution >= 0.6 is 0 Å². The molecular weight excluding hydrogens is 284 g/mol. The summed E-state index contributed by atoms with van der Waals surface area (Å²) in [6, 6.07) is 9.62. The van der Waals surface area contributed by atoms with Gasteiger partial charge in [0.15, 0.2) is 6.04 Å². The third-order valence-corrected chi connectivity index (χ3v) is 3.35. The van der Waals surface area contributed by atoms with Crippen LogP contribution in [0.4, 0.5) is 0 Å². The molecule has 1 heterocycles. The van der Waals surface area contributed by atoms with Gasteiger partial charge in [-0.1, -0.05) is 19.1 Å². The quantitative estimate of drug-likeness (QED) is 0.790. The average molecular weight is 302 g/mol. The topological polar surface area (TPSA) is 70.4 Å². The van der Waals surface area contributed by atoms with Gasteiger partial charge < -0.3 is 9.47 Å². The molecule has 2 aromatic rings. The van der Waals surface area contributed by atoms with Crippen molar-refractivity contribution in [2.24, 2.45) is 0 Å². The maximum atomic E-state index is 12.0. The highest BCUT2D eigenvalue weighted by atomic mass is 16.5. The number of hydrogen-bond acceptors (Lipinski definition) is 5. The Balaban J connectivity index is 2.50. The zero-order chi connectivity index (χ0) is 16.1. The molecule has 1 aromatic carbocycles. The summed E-state index contributed by atoms with van der Waals surface area (Å²) in [5.41, 5.74) is 1.04. The first kappa shape index (κ1) is 15.8. The van der Waals surface area contributed by atoms with E-state index in [9.17, 15) is 9.59 Å². The van der Waals surface area contributed by atoms with Crippen LogP contribution in [0.1, 0.15) is 19.4 Å². The number of aromatic nitrogens is 2. The Labute approximate surface area is 128 Å². The van der Waals surface area contributed by atoms with E-state index in [2.05, 4.69) is 5.10 Å². The van der Waals surface area contributed by atoms with Crippen molar-refractivity contribution >= 4 is 5.97 Å². The Hall–Kier alpha value is -2.63. The Morgan fingerprint density at radius 2 is 2.05 bits per heavy atom. The molecule has 0 aliphatic carbocycles. The summed E-state index contributed by atoms with van der Waals surface area (Å²) in [4.78, 5) is 23.8. The molecule has 0 fully saturated rings. The van der Waals surface area contributed by atoms with Crippen molar-refractivity contribution in [3.05, 3.63) is 46.8 Å². The van der Waals surface area contributed by atoms with E-state index < -0.39 is 12.0 Å². The van der Waals surface area contributed by atoms with Crippen molar-refractivity contribution < 1.29 is 14.3 Å². The number of ether oxygens (including phenoxy) is 2. The molecular formula is C16H18N2O4. The van der Waals surface area contributed by atoms with Crippen LogP contribution < -0.4 is 10.3 Å². The molecule has 1 aromatic heterocycles. The van der Waals surface area contributed by atoms with Crippen molar-refractivity contribution in [1.82, 2.24) is 9.78 Å². The molecule has 0 unspecified atom stereocenters. The van der Waals surface area contributed by atoms with Gasteiger partial charge in [0.2, 0.25) is 0 Å². The number of carbonyl (C=O) groups excluding carboxylic acids is 1. The summed E-state index contributed by atoms with van der Waals surface area (Å²) in [6.45, 7) is 1.80. The molecule has 6 heteroatoms. The molecule has 0 saturated carbocycles. The Morgan fingerprint density at radius 3 is 2.68 bits per heavy atom. The predicted octanol–water partition coefficient (Wildman–Crippen LogP) is 2.04. The van der Waals surface area contributed by atoms with Crippen LogP contribution in [0.25, 0.3) is 11.3 Å². The van der Waals surface area contributed by atoms with Crippen LogP contribution in [0.15, 0.2) is 41.2 Å². The molecule has 2 rings (SSSR count). The lowest BCUT2D eigenvalue weighted by Crippen LogP contribution is -2.32. The van der Waals surface area contributed by atoms with Gasteiger partial charge in [-0.15, -0.1) is 0 Å². The second-order valence-electron chi connectivity index (χ2n) is 4.68. The lowest BCUT2D eigenvalue weighted by Gasteiger charge is -2.15. The van der Waals surface area contributed by atoms with Crippen molar-refractivity contribution in [1.29, 1.82) is 0 Å². The second-order valence-corrected chi connectivity index (χ2v) is 4.68. The van der Waals surface area contributed by atoms with E-state index in [1.807, 2.05) is 24.3 Å². The minimum atomic E-state index is -0.733. The normalized spacial score (nSPS) is 11.8. The molecule has 22 heavy (non-hydrogen) atoms. The zero-order valence-electron chi connectivity index (χ0n) is 12.8. The van der Waals surface area contributed by atoms with Gasteiger partial charge in [0.25, 0.3) is 5.56 Å². The number of esters is 1. The third-order valence-electron chi connectivity index (χ3n) is 3.35. The molecule has 0 radical (unpaired) electrons. The molecule has 0 amide bonds. The fraction of sp³-hybridized carbons (Fsp3) is 0.312. The molecule has 0 N–H and O–H groups in total. The van der Waals surface area contributed by atoms with Gasteiger partial charge in [0, 0.05) is 11.6 Å². The fourth-order valence-electron chi connectivity index (χ4n) is 2.16. The molecule has 1 atom stereocenters. The highest BCUT2D eigenvalue weighted by molar-refractivity contribution is 5.74. The van der Waals surface area contributed by atoms with E-state index in [1.165, 1.54) is 17.9 Å². The standard InChI is InChI=1S/C16H18N2O4/c1-4-14(16(20)22-3)18-15(19)9-8-13(17-18)11-6-5-7-12(10-11)21-2/h5-10,14H,4H2,1-3H3/t14-/m0/s1. The molecule has 0 spiro atoms. The Morgan fingerprint density at radius 1 is 1.27 bits per heavy atom. The van der Waals surface area contributed by atoms with Crippen LogP contribution in [-0.4, -0.2) is 30.0 Å². The molecule has 0 aliphatic rings. The maximum absolute atomic E-state index is 12.0. The largest absolute Gasteiger partial charge is 0.497 e. The van der Waals surface area contributed by atoms with Crippen molar-refractivity contribution in [3.8, 4) is 17.0 Å². The summed E-state index contributed by atoms with van der Waals surface area (Å²) >= 11 is 0. The molecule has 116 valence electrons. The van der Waals surface area contributed by atoms with E-state index >= 15 is 0 Å². The summed E-state index contributed by atoms with van der Waals surface area (Å²) in [7, 11) is 2.87. The van der Waals surface area contributed by atoms with E-state index in [4.69, 9.17) is 9.47 Å². The van der Waals surface area contributed by atoms with Gasteiger partial charge in [0.05, 0.1) is 19.9 Å². The van der Waals surface area contributed by atoms with Gasteiger partial charge in [-0.05, 0) is 24.6 Å². The van der Waals surface area contributed by atoms with Crippen LogP contribution in [0.2, 0.25) is 0 Å². The predicted molar refractivity (Wildman–Crippen MR) is 81.8 cm³/mol. The first-order chi connectivity index (χ1) is 10.6. The van der Waals surface area contributed by atoms with Gasteiger partial charge in [-0.25, -0.2) is 9.48 Å². The second kappa shape index (κ2) is 6.89. The van der Waals surface area contributed by atoms with Crippen molar-refractivity contribution in [3.63, 3.8) is 0 Å². The van der Waals surface area contributed by atoms with Crippen molar-refractivity contribution in [2.45, 2.75) is 19.4 Å². The fourth-order valence-corrected chi connectivity index (χ4v) is 2.16. The van der Waals surface area contributed by atoms with E-state index in [0.29, 0.717) is 17.9 Å². The minimum absolute atomic E-state index is 0.344. The Bertz CT molecular complexity index is 724. The van der Waals surface area contributed by atoms with E-state index in [0.717, 1.165) is 5.56 Å². The molecule has 0 saturated heterocycles. The molecule has 0 bridgehead atoms. The number of nitrogens with zero attached hydrogens (tertiary/aromatic N) is 2. The van der Waals surface area contributed by atoms with E-state index in [-0.39, 0.29) is 5.56 Å². The lowest BCUT2D eigenvalue weighted by molar-refractivity contribution is -0.145. The number of benzene rings is 1. The maximum Gasteiger partial charge on any atom is 0.330 e. The van der Waals surface area contributed by atoms with Crippen molar-refractivity contribution in [2.75, 3.05) is 14.2 Å². The minimum Gasteiger partial charge on any atom is -0.497 e. The summed E-state index contributed by atoms with van der Waals surface area (Å²) in [6.07, 6.45) is 0.418. The highest BCUT2D eigenvalue weighted by Gasteiger charge is 2.21. The third kappa shape index (κ3) is 3.16. The summed E-state index contributed by atoms with van der Waals surface area (Å²) in [5, 5.41) is 4.31.